The first-order valence-corrected chi connectivity index (χ1v) is 8.40. The average Bonchev–Trinajstić information content (AvgIpc) is 2.96. The highest BCUT2D eigenvalue weighted by molar-refractivity contribution is 6.33. The van der Waals surface area contributed by atoms with Crippen molar-refractivity contribution in [3.05, 3.63) is 23.2 Å². The van der Waals surface area contributed by atoms with E-state index in [9.17, 15) is 9.59 Å². The fourth-order valence-corrected chi connectivity index (χ4v) is 3.63. The van der Waals surface area contributed by atoms with Gasteiger partial charge in [-0.3, -0.25) is 9.59 Å². The predicted octanol–water partition coefficient (Wildman–Crippen LogP) is 2.86. The van der Waals surface area contributed by atoms with Crippen molar-refractivity contribution in [2.45, 2.75) is 25.7 Å². The number of benzene rings is 1. The number of halogens is 1. The topological polar surface area (TPSA) is 49.9 Å². The number of nitrogens with zero attached hydrogens (tertiary/aromatic N) is 2. The van der Waals surface area contributed by atoms with Crippen LogP contribution in [0.3, 0.4) is 0 Å². The fraction of sp³-hybridized carbons (Fsp3) is 0.529. The van der Waals surface area contributed by atoms with Gasteiger partial charge in [-0.05, 0) is 37.5 Å². The minimum absolute atomic E-state index is 0.0674. The van der Waals surface area contributed by atoms with Gasteiger partial charge >= 0.3 is 5.97 Å². The van der Waals surface area contributed by atoms with Gasteiger partial charge in [-0.15, -0.1) is 0 Å². The molecule has 0 unspecified atom stereocenters. The standard InChI is InChI=1S/C17H21ClN2O3/c1-23-17(22)12-9-16(21)20(11-12)13-5-6-15(14(18)10-13)19-7-3-2-4-8-19/h5-6,10,12H,2-4,7-9,11H2,1H3/t12-/m0/s1. The van der Waals surface area contributed by atoms with Crippen molar-refractivity contribution >= 4 is 34.9 Å². The van der Waals surface area contributed by atoms with Crippen molar-refractivity contribution in [1.29, 1.82) is 0 Å². The van der Waals surface area contributed by atoms with Crippen LogP contribution in [0.15, 0.2) is 18.2 Å². The lowest BCUT2D eigenvalue weighted by Gasteiger charge is -2.30. The number of esters is 1. The third-order valence-electron chi connectivity index (χ3n) is 4.60. The molecular formula is C17H21ClN2O3. The van der Waals surface area contributed by atoms with Crippen molar-refractivity contribution in [3.63, 3.8) is 0 Å². The van der Waals surface area contributed by atoms with Crippen LogP contribution in [0.2, 0.25) is 5.02 Å². The maximum Gasteiger partial charge on any atom is 0.311 e. The molecule has 0 aliphatic carbocycles. The summed E-state index contributed by atoms with van der Waals surface area (Å²) < 4.78 is 4.74. The molecule has 2 aliphatic rings. The number of ether oxygens (including phenoxy) is 1. The van der Waals surface area contributed by atoms with E-state index in [1.54, 1.807) is 4.90 Å². The second-order valence-corrected chi connectivity index (χ2v) is 6.52. The Balaban J connectivity index is 1.77. The Morgan fingerprint density at radius 1 is 1.26 bits per heavy atom. The molecule has 2 heterocycles. The second kappa shape index (κ2) is 6.79. The van der Waals surface area contributed by atoms with Crippen LogP contribution < -0.4 is 9.80 Å². The summed E-state index contributed by atoms with van der Waals surface area (Å²) in [6.07, 6.45) is 3.83. The number of methoxy groups -OCH3 is 1. The number of hydrogen-bond donors (Lipinski definition) is 0. The monoisotopic (exact) mass is 336 g/mol. The van der Waals surface area contributed by atoms with E-state index in [0.29, 0.717) is 11.6 Å². The van der Waals surface area contributed by atoms with Crippen molar-refractivity contribution in [1.82, 2.24) is 0 Å². The van der Waals surface area contributed by atoms with Gasteiger partial charge in [0, 0.05) is 31.7 Å². The first-order valence-electron chi connectivity index (χ1n) is 8.03. The number of hydrogen-bond acceptors (Lipinski definition) is 4. The minimum atomic E-state index is -0.395. The van der Waals surface area contributed by atoms with Crippen LogP contribution in [0.1, 0.15) is 25.7 Å². The summed E-state index contributed by atoms with van der Waals surface area (Å²) in [4.78, 5) is 27.7. The maximum absolute atomic E-state index is 12.2. The van der Waals surface area contributed by atoms with Crippen LogP contribution in [0, 0.1) is 5.92 Å². The molecule has 0 bridgehead atoms. The third kappa shape index (κ3) is 3.29. The van der Waals surface area contributed by atoms with Gasteiger partial charge in [-0.2, -0.15) is 0 Å². The predicted molar refractivity (Wildman–Crippen MR) is 90.0 cm³/mol. The van der Waals surface area contributed by atoms with E-state index in [2.05, 4.69) is 4.90 Å². The quantitative estimate of drug-likeness (QED) is 0.796. The van der Waals surface area contributed by atoms with Crippen LogP contribution in [0.5, 0.6) is 0 Å². The molecule has 1 amide bonds. The van der Waals surface area contributed by atoms with Crippen LogP contribution in [-0.4, -0.2) is 38.6 Å². The third-order valence-corrected chi connectivity index (χ3v) is 4.90. The minimum Gasteiger partial charge on any atom is -0.469 e. The molecule has 3 rings (SSSR count). The first kappa shape index (κ1) is 16.1. The lowest BCUT2D eigenvalue weighted by molar-refractivity contribution is -0.145. The normalized spacial score (nSPS) is 21.7. The lowest BCUT2D eigenvalue weighted by Crippen LogP contribution is -2.30. The van der Waals surface area contributed by atoms with E-state index < -0.39 is 5.92 Å². The molecule has 6 heteroatoms. The van der Waals surface area contributed by atoms with Crippen molar-refractivity contribution in [2.75, 3.05) is 36.5 Å². The Hall–Kier alpha value is -1.75. The molecule has 0 radical (unpaired) electrons. The lowest BCUT2D eigenvalue weighted by atomic mass is 10.1. The average molecular weight is 337 g/mol. The van der Waals surface area contributed by atoms with Gasteiger partial charge in [0.25, 0.3) is 0 Å². The molecule has 23 heavy (non-hydrogen) atoms. The number of anilines is 2. The molecule has 0 aromatic heterocycles. The zero-order valence-corrected chi connectivity index (χ0v) is 14.0. The number of carbonyl (C=O) groups excluding carboxylic acids is 2. The van der Waals surface area contributed by atoms with E-state index in [1.807, 2.05) is 18.2 Å². The van der Waals surface area contributed by atoms with Gasteiger partial charge < -0.3 is 14.5 Å². The van der Waals surface area contributed by atoms with Crippen molar-refractivity contribution < 1.29 is 14.3 Å². The van der Waals surface area contributed by atoms with Crippen LogP contribution in [0.25, 0.3) is 0 Å². The largest absolute Gasteiger partial charge is 0.469 e. The van der Waals surface area contributed by atoms with Gasteiger partial charge in [-0.1, -0.05) is 11.6 Å². The molecule has 1 aromatic rings. The van der Waals surface area contributed by atoms with Crippen LogP contribution in [0.4, 0.5) is 11.4 Å². The molecule has 1 atom stereocenters. The van der Waals surface area contributed by atoms with E-state index in [-0.39, 0.29) is 18.3 Å². The summed E-state index contributed by atoms with van der Waals surface area (Å²) in [7, 11) is 1.35. The highest BCUT2D eigenvalue weighted by atomic mass is 35.5. The summed E-state index contributed by atoms with van der Waals surface area (Å²) in [6.45, 7) is 2.39. The molecule has 1 aromatic carbocycles. The van der Waals surface area contributed by atoms with Crippen molar-refractivity contribution in [2.24, 2.45) is 5.92 Å². The zero-order valence-electron chi connectivity index (χ0n) is 13.3. The summed E-state index contributed by atoms with van der Waals surface area (Å²) in [6, 6.07) is 5.71. The number of rotatable bonds is 3. The Labute approximate surface area is 141 Å². The van der Waals surface area contributed by atoms with E-state index >= 15 is 0 Å². The van der Waals surface area contributed by atoms with E-state index in [0.717, 1.165) is 24.5 Å². The molecule has 2 fully saturated rings. The van der Waals surface area contributed by atoms with Gasteiger partial charge in [-0.25, -0.2) is 0 Å². The van der Waals surface area contributed by atoms with Gasteiger partial charge in [0.1, 0.15) is 0 Å². The molecule has 0 spiro atoms. The Morgan fingerprint density at radius 3 is 2.65 bits per heavy atom. The molecular weight excluding hydrogens is 316 g/mol. The molecule has 2 saturated heterocycles. The van der Waals surface area contributed by atoms with E-state index in [1.165, 1.54) is 26.4 Å². The van der Waals surface area contributed by atoms with Gasteiger partial charge in [0.2, 0.25) is 5.91 Å². The Morgan fingerprint density at radius 2 is 2.00 bits per heavy atom. The summed E-state index contributed by atoms with van der Waals surface area (Å²) in [5.74, 6) is -0.799. The smallest absolute Gasteiger partial charge is 0.311 e. The zero-order chi connectivity index (χ0) is 16.4. The molecule has 5 nitrogen and oxygen atoms in total. The van der Waals surface area contributed by atoms with E-state index in [4.69, 9.17) is 16.3 Å². The fourth-order valence-electron chi connectivity index (χ4n) is 3.34. The number of amides is 1. The molecule has 0 N–H and O–H groups in total. The Kier molecular flexibility index (Phi) is 4.76. The summed E-state index contributed by atoms with van der Waals surface area (Å²) in [5, 5.41) is 0.652. The number of carbonyl (C=O) groups is 2. The summed E-state index contributed by atoms with van der Waals surface area (Å²) >= 11 is 6.44. The van der Waals surface area contributed by atoms with Crippen LogP contribution in [-0.2, 0) is 14.3 Å². The van der Waals surface area contributed by atoms with Crippen molar-refractivity contribution in [3.8, 4) is 0 Å². The number of piperidine rings is 1. The SMILES string of the molecule is COC(=O)[C@H]1CC(=O)N(c2ccc(N3CCCCC3)c(Cl)c2)C1. The summed E-state index contributed by atoms with van der Waals surface area (Å²) in [5.41, 5.74) is 1.76. The van der Waals surface area contributed by atoms with Gasteiger partial charge in [0.05, 0.1) is 23.7 Å². The van der Waals surface area contributed by atoms with Gasteiger partial charge in [0.15, 0.2) is 0 Å². The maximum atomic E-state index is 12.2. The second-order valence-electron chi connectivity index (χ2n) is 6.11. The highest BCUT2D eigenvalue weighted by Gasteiger charge is 2.36. The highest BCUT2D eigenvalue weighted by Crippen LogP contribution is 2.34. The molecule has 0 saturated carbocycles. The molecule has 2 aliphatic heterocycles. The molecule has 124 valence electrons. The van der Waals surface area contributed by atoms with Crippen LogP contribution >= 0.6 is 11.6 Å². The first-order chi connectivity index (χ1) is 11.1. The Bertz CT molecular complexity index is 614.